The summed E-state index contributed by atoms with van der Waals surface area (Å²) in [7, 11) is 3.72. The molecule has 0 amide bonds. The summed E-state index contributed by atoms with van der Waals surface area (Å²) >= 11 is 0. The number of hydrogen-bond donors (Lipinski definition) is 1. The van der Waals surface area contributed by atoms with Crippen molar-refractivity contribution in [2.24, 2.45) is 14.1 Å². The Morgan fingerprint density at radius 3 is 1.65 bits per heavy atom. The minimum absolute atomic E-state index is 0. The molecule has 0 radical (unpaired) electrons. The molecular formula is C15H16Cl2N4OPt. The monoisotopic (exact) mass is 533 g/mol. The maximum absolute atomic E-state index is 11.4. The van der Waals surface area contributed by atoms with Gasteiger partial charge in [-0.15, -0.1) is 0 Å². The van der Waals surface area contributed by atoms with Crippen LogP contribution in [0.1, 0.15) is 17.2 Å². The molecule has 2 aromatic heterocycles. The molecule has 1 aromatic carbocycles. The van der Waals surface area contributed by atoms with Gasteiger partial charge in [-0.3, -0.25) is 0 Å². The zero-order valence-electron chi connectivity index (χ0n) is 12.5. The van der Waals surface area contributed by atoms with Crippen LogP contribution in [0.25, 0.3) is 0 Å². The molecule has 0 aliphatic carbocycles. The third-order valence-corrected chi connectivity index (χ3v) is 3.48. The summed E-state index contributed by atoms with van der Waals surface area (Å²) in [6.45, 7) is 0. The van der Waals surface area contributed by atoms with Crippen LogP contribution in [0, 0.1) is 0 Å². The minimum atomic E-state index is -1.38. The number of halogens is 2. The van der Waals surface area contributed by atoms with Crippen molar-refractivity contribution in [1.82, 2.24) is 19.1 Å². The van der Waals surface area contributed by atoms with Crippen molar-refractivity contribution >= 4 is 0 Å². The second-order valence-corrected chi connectivity index (χ2v) is 4.80. The molecule has 0 saturated heterocycles. The topological polar surface area (TPSA) is 55.9 Å². The Morgan fingerprint density at radius 1 is 0.870 bits per heavy atom. The molecule has 0 unspecified atom stereocenters. The molecular weight excluding hydrogens is 518 g/mol. The predicted molar refractivity (Wildman–Crippen MR) is 75.0 cm³/mol. The van der Waals surface area contributed by atoms with Crippen LogP contribution in [0.4, 0.5) is 0 Å². The third-order valence-electron chi connectivity index (χ3n) is 3.48. The Balaban J connectivity index is 0.00000161. The van der Waals surface area contributed by atoms with Crippen LogP contribution in [0.3, 0.4) is 0 Å². The van der Waals surface area contributed by atoms with E-state index in [0.717, 1.165) is 5.56 Å². The van der Waals surface area contributed by atoms with Gasteiger partial charge in [-0.05, 0) is 5.56 Å². The molecule has 2 heterocycles. The number of imidazole rings is 2. The zero-order chi connectivity index (χ0) is 14.2. The summed E-state index contributed by atoms with van der Waals surface area (Å²) in [6, 6.07) is 9.46. The standard InChI is InChI=1S/C15H16N4O.2ClH.Pt/c1-18-10-8-16-13(18)15(20,12-6-4-3-5-7-12)14-17-9-11-19(14)2;;;/h3-11,20H,1-2H3;2*1H;/q;;;+2/p-2. The average Bonchev–Trinajstić information content (AvgIpc) is 3.08. The van der Waals surface area contributed by atoms with E-state index in [-0.39, 0.29) is 45.9 Å². The number of rotatable bonds is 3. The van der Waals surface area contributed by atoms with Gasteiger partial charge >= 0.3 is 21.1 Å². The van der Waals surface area contributed by atoms with E-state index in [1.807, 2.05) is 66.0 Å². The van der Waals surface area contributed by atoms with Crippen LogP contribution in [0.2, 0.25) is 0 Å². The van der Waals surface area contributed by atoms with Crippen LogP contribution in [0.5, 0.6) is 0 Å². The van der Waals surface area contributed by atoms with E-state index < -0.39 is 5.60 Å². The molecule has 3 rings (SSSR count). The fraction of sp³-hybridized carbons (Fsp3) is 0.200. The van der Waals surface area contributed by atoms with Gasteiger partial charge in [-0.2, -0.15) is 0 Å². The average molecular weight is 534 g/mol. The fourth-order valence-corrected chi connectivity index (χ4v) is 2.47. The number of aromatic nitrogens is 4. The molecule has 23 heavy (non-hydrogen) atoms. The first-order valence-electron chi connectivity index (χ1n) is 6.37. The number of hydrogen-bond acceptors (Lipinski definition) is 3. The molecule has 3 aromatic rings. The van der Waals surface area contributed by atoms with Gasteiger partial charge in [0, 0.05) is 38.9 Å². The summed E-state index contributed by atoms with van der Waals surface area (Å²) in [6.07, 6.45) is 6.97. The zero-order valence-corrected chi connectivity index (χ0v) is 16.3. The van der Waals surface area contributed by atoms with Crippen molar-refractivity contribution in [1.29, 1.82) is 0 Å². The predicted octanol–water partition coefficient (Wildman–Crippen LogP) is -4.56. The first kappa shape index (κ1) is 21.9. The van der Waals surface area contributed by atoms with Crippen LogP contribution in [-0.4, -0.2) is 24.2 Å². The minimum Gasteiger partial charge on any atom is -1.00 e. The third kappa shape index (κ3) is 3.69. The fourth-order valence-electron chi connectivity index (χ4n) is 2.47. The smallest absolute Gasteiger partial charge is 1.00 e. The molecule has 0 aliphatic heterocycles. The van der Waals surface area contributed by atoms with E-state index in [9.17, 15) is 5.11 Å². The molecule has 1 N–H and O–H groups in total. The number of aryl methyl sites for hydroxylation is 2. The van der Waals surface area contributed by atoms with Gasteiger partial charge in [-0.1, -0.05) is 30.3 Å². The SMILES string of the molecule is Cn1ccnc1C(O)(c1ccccc1)c1nccn1C.[Cl-].[Cl-].[Pt+2]. The van der Waals surface area contributed by atoms with E-state index in [1.165, 1.54) is 0 Å². The van der Waals surface area contributed by atoms with Gasteiger partial charge < -0.3 is 39.1 Å². The summed E-state index contributed by atoms with van der Waals surface area (Å²) in [5.74, 6) is 1.08. The van der Waals surface area contributed by atoms with E-state index in [2.05, 4.69) is 9.97 Å². The van der Waals surface area contributed by atoms with Crippen molar-refractivity contribution in [3.05, 3.63) is 72.3 Å². The molecule has 0 aliphatic rings. The largest absolute Gasteiger partial charge is 2.00 e. The second-order valence-electron chi connectivity index (χ2n) is 4.80. The molecule has 126 valence electrons. The summed E-state index contributed by atoms with van der Waals surface area (Å²) in [5, 5.41) is 11.4. The summed E-state index contributed by atoms with van der Waals surface area (Å²) in [5.41, 5.74) is -0.638. The first-order valence-corrected chi connectivity index (χ1v) is 6.37. The van der Waals surface area contributed by atoms with Gasteiger partial charge in [-0.25, -0.2) is 9.97 Å². The van der Waals surface area contributed by atoms with E-state index in [1.54, 1.807) is 12.4 Å². The van der Waals surface area contributed by atoms with Gasteiger partial charge in [0.25, 0.3) is 0 Å². The molecule has 0 saturated carbocycles. The molecule has 0 bridgehead atoms. The van der Waals surface area contributed by atoms with E-state index in [0.29, 0.717) is 11.6 Å². The quantitative estimate of drug-likeness (QED) is 0.369. The Morgan fingerprint density at radius 2 is 1.30 bits per heavy atom. The van der Waals surface area contributed by atoms with E-state index >= 15 is 0 Å². The van der Waals surface area contributed by atoms with Gasteiger partial charge in [0.2, 0.25) is 5.60 Å². The normalized spacial score (nSPS) is 10.2. The maximum Gasteiger partial charge on any atom is 2.00 e. The molecule has 0 spiro atoms. The molecule has 0 fully saturated rings. The Bertz CT molecular complexity index is 690. The van der Waals surface area contributed by atoms with Crippen LogP contribution in [-0.2, 0) is 40.8 Å². The summed E-state index contributed by atoms with van der Waals surface area (Å²) in [4.78, 5) is 8.64. The molecule has 5 nitrogen and oxygen atoms in total. The Kier molecular flexibility index (Phi) is 8.22. The number of aliphatic hydroxyl groups is 1. The van der Waals surface area contributed by atoms with Crippen molar-refractivity contribution in [3.63, 3.8) is 0 Å². The molecule has 0 atom stereocenters. The van der Waals surface area contributed by atoms with Crippen LogP contribution < -0.4 is 24.8 Å². The van der Waals surface area contributed by atoms with Crippen molar-refractivity contribution in [2.45, 2.75) is 5.60 Å². The summed E-state index contributed by atoms with van der Waals surface area (Å²) < 4.78 is 3.61. The van der Waals surface area contributed by atoms with Crippen molar-refractivity contribution in [2.75, 3.05) is 0 Å². The van der Waals surface area contributed by atoms with Gasteiger partial charge in [0.1, 0.15) is 0 Å². The Hall–Kier alpha value is -1.13. The first-order chi connectivity index (χ1) is 9.64. The van der Waals surface area contributed by atoms with Gasteiger partial charge in [0.15, 0.2) is 11.6 Å². The number of nitrogens with zero attached hydrogens (tertiary/aromatic N) is 4. The van der Waals surface area contributed by atoms with Crippen molar-refractivity contribution < 1.29 is 51.0 Å². The second kappa shape index (κ2) is 8.65. The number of benzene rings is 1. The van der Waals surface area contributed by atoms with Crippen LogP contribution in [0.15, 0.2) is 55.1 Å². The maximum atomic E-state index is 11.4. The van der Waals surface area contributed by atoms with E-state index in [4.69, 9.17) is 0 Å². The van der Waals surface area contributed by atoms with Crippen LogP contribution >= 0.6 is 0 Å². The Labute approximate surface area is 161 Å². The van der Waals surface area contributed by atoms with Gasteiger partial charge in [0.05, 0.1) is 0 Å². The van der Waals surface area contributed by atoms with Crippen molar-refractivity contribution in [3.8, 4) is 0 Å². The molecule has 8 heteroatoms.